The molecule has 3 N–H and O–H groups in total. The number of carboxylic acid groups (broad SMARTS) is 1. The molecule has 0 atom stereocenters. The van der Waals surface area contributed by atoms with Crippen LogP contribution in [0.15, 0.2) is 0 Å². The van der Waals surface area contributed by atoms with Crippen molar-refractivity contribution < 1.29 is 19.5 Å². The lowest BCUT2D eigenvalue weighted by molar-refractivity contribution is -0.137. The number of unbranched alkanes of at least 4 members (excludes halogenated alkanes) is 1. The van der Waals surface area contributed by atoms with Gasteiger partial charge in [-0.15, -0.1) is 0 Å². The molecule has 0 saturated carbocycles. The zero-order valence-electron chi connectivity index (χ0n) is 10.2. The molecule has 17 heavy (non-hydrogen) atoms. The van der Waals surface area contributed by atoms with E-state index < -0.39 is 24.5 Å². The largest absolute Gasteiger partial charge is 0.480 e. The summed E-state index contributed by atoms with van der Waals surface area (Å²) in [5.41, 5.74) is 5.04. The van der Waals surface area contributed by atoms with Gasteiger partial charge in [-0.05, 0) is 6.42 Å². The molecule has 0 unspecified atom stereocenters. The molecule has 0 spiro atoms. The van der Waals surface area contributed by atoms with Crippen LogP contribution >= 0.6 is 0 Å². The number of carbonyl (C=O) groups is 3. The molecule has 7 nitrogen and oxygen atoms in total. The van der Waals surface area contributed by atoms with Gasteiger partial charge in [0.2, 0.25) is 5.91 Å². The summed E-state index contributed by atoms with van der Waals surface area (Å²) < 4.78 is 0. The van der Waals surface area contributed by atoms with E-state index in [1.165, 1.54) is 11.9 Å². The predicted octanol–water partition coefficient (Wildman–Crippen LogP) is -0.290. The Kier molecular flexibility index (Phi) is 6.69. The second-order valence-electron chi connectivity index (χ2n) is 3.77. The van der Waals surface area contributed by atoms with E-state index in [9.17, 15) is 14.4 Å². The lowest BCUT2D eigenvalue weighted by Crippen LogP contribution is -2.46. The first-order chi connectivity index (χ1) is 7.88. The average Bonchev–Trinajstić information content (AvgIpc) is 2.21. The summed E-state index contributed by atoms with van der Waals surface area (Å²) in [7, 11) is 1.37. The van der Waals surface area contributed by atoms with E-state index in [1.807, 2.05) is 6.92 Å². The van der Waals surface area contributed by atoms with E-state index in [2.05, 4.69) is 0 Å². The number of hydrogen-bond acceptors (Lipinski definition) is 3. The van der Waals surface area contributed by atoms with Crippen molar-refractivity contribution in [1.29, 1.82) is 0 Å². The zero-order valence-corrected chi connectivity index (χ0v) is 10.2. The summed E-state index contributed by atoms with van der Waals surface area (Å²) in [6.45, 7) is 1.75. The number of nitrogens with zero attached hydrogens (tertiary/aromatic N) is 2. The molecule has 0 bridgehead atoms. The Balaban J connectivity index is 4.49. The number of amides is 3. The highest BCUT2D eigenvalue weighted by Gasteiger charge is 2.20. The number of carbonyl (C=O) groups excluding carboxylic acids is 2. The highest BCUT2D eigenvalue weighted by Crippen LogP contribution is 2.00. The molecule has 7 heteroatoms. The Morgan fingerprint density at radius 2 is 1.82 bits per heavy atom. The van der Waals surface area contributed by atoms with Crippen molar-refractivity contribution in [2.75, 3.05) is 26.7 Å². The Morgan fingerprint density at radius 1 is 1.24 bits per heavy atom. The summed E-state index contributed by atoms with van der Waals surface area (Å²) in [5, 5.41) is 8.57. The smallest absolute Gasteiger partial charge is 0.323 e. The Bertz CT molecular complexity index is 293. The molecule has 0 aliphatic carbocycles. The molecular weight excluding hydrogens is 226 g/mol. The van der Waals surface area contributed by atoms with Crippen LogP contribution in [-0.4, -0.2) is 59.5 Å². The Hall–Kier alpha value is -1.79. The van der Waals surface area contributed by atoms with Crippen LogP contribution in [0.1, 0.15) is 19.8 Å². The molecule has 0 heterocycles. The van der Waals surface area contributed by atoms with Crippen LogP contribution in [-0.2, 0) is 9.59 Å². The van der Waals surface area contributed by atoms with E-state index in [0.29, 0.717) is 6.54 Å². The van der Waals surface area contributed by atoms with E-state index in [1.54, 1.807) is 0 Å². The molecule has 0 aromatic rings. The monoisotopic (exact) mass is 245 g/mol. The fraction of sp³-hybridized carbons (Fsp3) is 0.700. The lowest BCUT2D eigenvalue weighted by atomic mass is 10.3. The maximum Gasteiger partial charge on any atom is 0.323 e. The second kappa shape index (κ2) is 7.48. The molecule has 0 saturated heterocycles. The molecular formula is C10H19N3O4. The van der Waals surface area contributed by atoms with E-state index in [0.717, 1.165) is 17.7 Å². The fourth-order valence-corrected chi connectivity index (χ4v) is 1.29. The zero-order chi connectivity index (χ0) is 13.4. The highest BCUT2D eigenvalue weighted by molar-refractivity contribution is 5.84. The van der Waals surface area contributed by atoms with Gasteiger partial charge in [0.1, 0.15) is 13.1 Å². The van der Waals surface area contributed by atoms with Gasteiger partial charge < -0.3 is 20.6 Å². The summed E-state index contributed by atoms with van der Waals surface area (Å²) in [4.78, 5) is 35.4. The normalized spacial score (nSPS) is 9.76. The fourth-order valence-electron chi connectivity index (χ4n) is 1.29. The van der Waals surface area contributed by atoms with Gasteiger partial charge in [0.15, 0.2) is 0 Å². The average molecular weight is 245 g/mol. The molecule has 0 rings (SSSR count). The van der Waals surface area contributed by atoms with Crippen LogP contribution in [0.5, 0.6) is 0 Å². The number of hydrogen-bond donors (Lipinski definition) is 2. The van der Waals surface area contributed by atoms with Gasteiger partial charge in [-0.2, -0.15) is 0 Å². The first kappa shape index (κ1) is 15.2. The Labute approximate surface area is 100 Å². The van der Waals surface area contributed by atoms with Gasteiger partial charge in [-0.1, -0.05) is 13.3 Å². The third-order valence-corrected chi connectivity index (χ3v) is 2.10. The molecule has 0 aromatic heterocycles. The maximum absolute atomic E-state index is 11.8. The molecule has 0 fully saturated rings. The predicted molar refractivity (Wildman–Crippen MR) is 61.3 cm³/mol. The first-order valence-corrected chi connectivity index (χ1v) is 5.38. The van der Waals surface area contributed by atoms with Crippen molar-refractivity contribution in [3.8, 4) is 0 Å². The minimum atomic E-state index is -1.10. The summed E-state index contributed by atoms with van der Waals surface area (Å²) in [6.07, 6.45) is 1.60. The molecule has 98 valence electrons. The number of rotatable bonds is 7. The first-order valence-electron chi connectivity index (χ1n) is 5.38. The molecule has 0 aromatic carbocycles. The summed E-state index contributed by atoms with van der Waals surface area (Å²) in [5.74, 6) is -1.71. The molecule has 0 aliphatic rings. The topological polar surface area (TPSA) is 104 Å². The van der Waals surface area contributed by atoms with Crippen molar-refractivity contribution in [3.05, 3.63) is 0 Å². The van der Waals surface area contributed by atoms with Gasteiger partial charge >= 0.3 is 12.0 Å². The van der Waals surface area contributed by atoms with Gasteiger partial charge in [0.25, 0.3) is 0 Å². The summed E-state index contributed by atoms with van der Waals surface area (Å²) >= 11 is 0. The van der Waals surface area contributed by atoms with Crippen molar-refractivity contribution in [2.24, 2.45) is 5.73 Å². The van der Waals surface area contributed by atoms with Gasteiger partial charge in [-0.25, -0.2) is 4.79 Å². The lowest BCUT2D eigenvalue weighted by Gasteiger charge is -2.26. The van der Waals surface area contributed by atoms with Crippen LogP contribution in [0.4, 0.5) is 4.79 Å². The quantitative estimate of drug-likeness (QED) is 0.643. The number of aliphatic carboxylic acids is 1. The number of likely N-dealkylation sites (N-methyl/N-ethyl adjacent to an activating group) is 1. The van der Waals surface area contributed by atoms with Crippen molar-refractivity contribution in [3.63, 3.8) is 0 Å². The van der Waals surface area contributed by atoms with Gasteiger partial charge in [0, 0.05) is 13.6 Å². The minimum absolute atomic E-state index is 0.192. The number of nitrogens with two attached hydrogens (primary N) is 1. The maximum atomic E-state index is 11.8. The van der Waals surface area contributed by atoms with Crippen molar-refractivity contribution in [2.45, 2.75) is 19.8 Å². The van der Waals surface area contributed by atoms with Gasteiger partial charge in [-0.3, -0.25) is 9.59 Å². The van der Waals surface area contributed by atoms with Crippen LogP contribution < -0.4 is 5.73 Å². The van der Waals surface area contributed by atoms with Crippen LogP contribution in [0.2, 0.25) is 0 Å². The van der Waals surface area contributed by atoms with E-state index >= 15 is 0 Å². The third kappa shape index (κ3) is 6.39. The number of primary amides is 1. The highest BCUT2D eigenvalue weighted by atomic mass is 16.4. The van der Waals surface area contributed by atoms with Crippen molar-refractivity contribution >= 4 is 17.9 Å². The van der Waals surface area contributed by atoms with E-state index in [-0.39, 0.29) is 6.54 Å². The number of carboxylic acids is 1. The SMILES string of the molecule is CCCCN(CC(N)=O)C(=O)N(C)CC(=O)O. The van der Waals surface area contributed by atoms with E-state index in [4.69, 9.17) is 10.8 Å². The van der Waals surface area contributed by atoms with Gasteiger partial charge in [0.05, 0.1) is 0 Å². The number of urea groups is 1. The Morgan fingerprint density at radius 3 is 2.24 bits per heavy atom. The molecule has 3 amide bonds. The second-order valence-corrected chi connectivity index (χ2v) is 3.77. The standard InChI is InChI=1S/C10H19N3O4/c1-3-4-5-13(6-8(11)14)10(17)12(2)7-9(15)16/h3-7H2,1-2H3,(H2,11,14)(H,15,16). The molecule has 0 aliphatic heterocycles. The van der Waals surface area contributed by atoms with Crippen LogP contribution in [0.3, 0.4) is 0 Å². The molecule has 0 radical (unpaired) electrons. The van der Waals surface area contributed by atoms with Crippen LogP contribution in [0, 0.1) is 0 Å². The van der Waals surface area contributed by atoms with Crippen LogP contribution in [0.25, 0.3) is 0 Å². The summed E-state index contributed by atoms with van der Waals surface area (Å²) in [6, 6.07) is -0.500. The third-order valence-electron chi connectivity index (χ3n) is 2.10. The van der Waals surface area contributed by atoms with Crippen molar-refractivity contribution in [1.82, 2.24) is 9.80 Å². The minimum Gasteiger partial charge on any atom is -0.480 e.